The standard InChI is InChI=1S/C15H18F2N2O2/c1-3-10(4-2)19-14(20)8-13(15(19)21)18-12-7-9(16)5-6-11(12)17/h5-7,10,13,18H,3-4,8H2,1-2H3. The van der Waals surface area contributed by atoms with E-state index in [1.165, 1.54) is 4.90 Å². The molecule has 1 aliphatic heterocycles. The van der Waals surface area contributed by atoms with Crippen LogP contribution < -0.4 is 5.32 Å². The number of nitrogens with one attached hydrogen (secondary N) is 1. The van der Waals surface area contributed by atoms with Crippen LogP contribution in [-0.2, 0) is 9.59 Å². The van der Waals surface area contributed by atoms with Crippen LogP contribution in [0.2, 0.25) is 0 Å². The van der Waals surface area contributed by atoms with Gasteiger partial charge in [-0.1, -0.05) is 13.8 Å². The fraction of sp³-hybridized carbons (Fsp3) is 0.467. The number of anilines is 1. The fourth-order valence-electron chi connectivity index (χ4n) is 2.60. The van der Waals surface area contributed by atoms with Crippen LogP contribution in [0.3, 0.4) is 0 Å². The van der Waals surface area contributed by atoms with Gasteiger partial charge < -0.3 is 5.32 Å². The van der Waals surface area contributed by atoms with E-state index in [9.17, 15) is 18.4 Å². The maximum absolute atomic E-state index is 13.6. The van der Waals surface area contributed by atoms with Gasteiger partial charge >= 0.3 is 0 Å². The minimum absolute atomic E-state index is 0.0364. The van der Waals surface area contributed by atoms with Crippen molar-refractivity contribution in [1.29, 1.82) is 0 Å². The van der Waals surface area contributed by atoms with Crippen molar-refractivity contribution in [2.75, 3.05) is 5.32 Å². The second-order valence-electron chi connectivity index (χ2n) is 5.10. The minimum atomic E-state index is -0.839. The van der Waals surface area contributed by atoms with Crippen LogP contribution in [0.1, 0.15) is 33.1 Å². The number of benzene rings is 1. The lowest BCUT2D eigenvalue weighted by atomic mass is 10.1. The summed E-state index contributed by atoms with van der Waals surface area (Å²) in [5.41, 5.74) is -0.104. The fourth-order valence-corrected chi connectivity index (χ4v) is 2.60. The number of imide groups is 1. The van der Waals surface area contributed by atoms with Crippen LogP contribution in [-0.4, -0.2) is 28.8 Å². The number of carbonyl (C=O) groups excluding carboxylic acids is 2. The average molecular weight is 296 g/mol. The molecule has 1 heterocycles. The Kier molecular flexibility index (Phi) is 4.55. The Balaban J connectivity index is 2.17. The summed E-state index contributed by atoms with van der Waals surface area (Å²) in [6, 6.07) is 1.98. The monoisotopic (exact) mass is 296 g/mol. The normalized spacial score (nSPS) is 18.7. The topological polar surface area (TPSA) is 49.4 Å². The Morgan fingerprint density at radius 3 is 2.57 bits per heavy atom. The number of likely N-dealkylation sites (tertiary alicyclic amines) is 1. The summed E-state index contributed by atoms with van der Waals surface area (Å²) in [4.78, 5) is 25.5. The van der Waals surface area contributed by atoms with E-state index in [-0.39, 0.29) is 30.0 Å². The molecule has 1 atom stereocenters. The Bertz CT molecular complexity index is 559. The first-order valence-corrected chi connectivity index (χ1v) is 7.05. The number of hydrogen-bond acceptors (Lipinski definition) is 3. The SMILES string of the molecule is CCC(CC)N1C(=O)CC(Nc2cc(F)ccc2F)C1=O. The summed E-state index contributed by atoms with van der Waals surface area (Å²) in [6.07, 6.45) is 1.31. The third-order valence-electron chi connectivity index (χ3n) is 3.75. The summed E-state index contributed by atoms with van der Waals surface area (Å²) in [5, 5.41) is 2.64. The lowest BCUT2D eigenvalue weighted by molar-refractivity contribution is -0.141. The van der Waals surface area contributed by atoms with Crippen molar-refractivity contribution in [2.24, 2.45) is 0 Å². The highest BCUT2D eigenvalue weighted by molar-refractivity contribution is 6.07. The molecular weight excluding hydrogens is 278 g/mol. The zero-order valence-electron chi connectivity index (χ0n) is 12.0. The smallest absolute Gasteiger partial charge is 0.252 e. The third-order valence-corrected chi connectivity index (χ3v) is 3.75. The molecule has 0 aliphatic carbocycles. The van der Waals surface area contributed by atoms with Gasteiger partial charge in [-0.15, -0.1) is 0 Å². The van der Waals surface area contributed by atoms with Gasteiger partial charge in [0, 0.05) is 6.04 Å². The molecule has 6 heteroatoms. The number of rotatable bonds is 5. The third kappa shape index (κ3) is 3.04. The van der Waals surface area contributed by atoms with Crippen molar-refractivity contribution in [1.82, 2.24) is 4.90 Å². The van der Waals surface area contributed by atoms with Gasteiger partial charge in [-0.2, -0.15) is 0 Å². The van der Waals surface area contributed by atoms with Gasteiger partial charge in [0.2, 0.25) is 5.91 Å². The molecule has 1 fully saturated rings. The molecule has 1 aromatic carbocycles. The Hall–Kier alpha value is -1.98. The Labute approximate surface area is 122 Å². The molecule has 1 aliphatic rings. The first-order chi connectivity index (χ1) is 9.97. The molecular formula is C15H18F2N2O2. The van der Waals surface area contributed by atoms with Crippen LogP contribution in [0.15, 0.2) is 18.2 Å². The quantitative estimate of drug-likeness (QED) is 0.850. The van der Waals surface area contributed by atoms with Crippen LogP contribution in [0, 0.1) is 11.6 Å². The molecule has 1 N–H and O–H groups in total. The van der Waals surface area contributed by atoms with Gasteiger partial charge in [-0.3, -0.25) is 14.5 Å². The Morgan fingerprint density at radius 2 is 1.95 bits per heavy atom. The number of hydrogen-bond donors (Lipinski definition) is 1. The predicted molar refractivity (Wildman–Crippen MR) is 74.6 cm³/mol. The van der Waals surface area contributed by atoms with Crippen molar-refractivity contribution in [2.45, 2.75) is 45.2 Å². The highest BCUT2D eigenvalue weighted by atomic mass is 19.1. The molecule has 1 unspecified atom stereocenters. The predicted octanol–water partition coefficient (Wildman–Crippen LogP) is 2.69. The minimum Gasteiger partial charge on any atom is -0.371 e. The van der Waals surface area contributed by atoms with E-state index < -0.39 is 17.7 Å². The van der Waals surface area contributed by atoms with Crippen molar-refractivity contribution in [3.05, 3.63) is 29.8 Å². The maximum Gasteiger partial charge on any atom is 0.252 e. The summed E-state index contributed by atoms with van der Waals surface area (Å²) in [7, 11) is 0. The van der Waals surface area contributed by atoms with E-state index in [2.05, 4.69) is 5.32 Å². The van der Waals surface area contributed by atoms with Gasteiger partial charge in [-0.05, 0) is 31.0 Å². The van der Waals surface area contributed by atoms with Gasteiger partial charge in [-0.25, -0.2) is 8.78 Å². The summed E-state index contributed by atoms with van der Waals surface area (Å²) in [5.74, 6) is -1.91. The number of halogens is 2. The average Bonchev–Trinajstić information content (AvgIpc) is 2.72. The maximum atomic E-state index is 13.6. The zero-order valence-corrected chi connectivity index (χ0v) is 12.0. The first-order valence-electron chi connectivity index (χ1n) is 7.05. The van der Waals surface area contributed by atoms with E-state index >= 15 is 0 Å². The summed E-state index contributed by atoms with van der Waals surface area (Å²) < 4.78 is 26.7. The van der Waals surface area contributed by atoms with E-state index in [0.717, 1.165) is 18.2 Å². The molecule has 1 saturated heterocycles. The molecule has 114 valence electrons. The number of carbonyl (C=O) groups is 2. The second kappa shape index (κ2) is 6.20. The van der Waals surface area contributed by atoms with E-state index in [1.54, 1.807) is 0 Å². The van der Waals surface area contributed by atoms with Gasteiger partial charge in [0.05, 0.1) is 12.1 Å². The molecule has 2 amide bonds. The zero-order chi connectivity index (χ0) is 15.6. The van der Waals surface area contributed by atoms with E-state index in [0.29, 0.717) is 12.8 Å². The number of amides is 2. The van der Waals surface area contributed by atoms with Gasteiger partial charge in [0.1, 0.15) is 17.7 Å². The molecule has 0 aromatic heterocycles. The van der Waals surface area contributed by atoms with Crippen molar-refractivity contribution in [3.63, 3.8) is 0 Å². The van der Waals surface area contributed by atoms with Crippen LogP contribution >= 0.6 is 0 Å². The molecule has 0 radical (unpaired) electrons. The molecule has 1 aromatic rings. The molecule has 21 heavy (non-hydrogen) atoms. The van der Waals surface area contributed by atoms with Crippen LogP contribution in [0.4, 0.5) is 14.5 Å². The van der Waals surface area contributed by atoms with E-state index in [1.807, 2.05) is 13.8 Å². The van der Waals surface area contributed by atoms with Gasteiger partial charge in [0.25, 0.3) is 5.91 Å². The summed E-state index contributed by atoms with van der Waals surface area (Å²) in [6.45, 7) is 3.81. The Morgan fingerprint density at radius 1 is 1.29 bits per heavy atom. The lowest BCUT2D eigenvalue weighted by Crippen LogP contribution is -2.41. The molecule has 0 bridgehead atoms. The summed E-state index contributed by atoms with van der Waals surface area (Å²) >= 11 is 0. The van der Waals surface area contributed by atoms with Crippen LogP contribution in [0.5, 0.6) is 0 Å². The molecule has 4 nitrogen and oxygen atoms in total. The first kappa shape index (κ1) is 15.4. The van der Waals surface area contributed by atoms with Crippen LogP contribution in [0.25, 0.3) is 0 Å². The second-order valence-corrected chi connectivity index (χ2v) is 5.10. The van der Waals surface area contributed by atoms with Crippen molar-refractivity contribution in [3.8, 4) is 0 Å². The molecule has 0 saturated carbocycles. The van der Waals surface area contributed by atoms with Crippen molar-refractivity contribution >= 4 is 17.5 Å². The highest BCUT2D eigenvalue weighted by Crippen LogP contribution is 2.24. The van der Waals surface area contributed by atoms with Gasteiger partial charge in [0.15, 0.2) is 0 Å². The largest absolute Gasteiger partial charge is 0.371 e. The van der Waals surface area contributed by atoms with E-state index in [4.69, 9.17) is 0 Å². The van der Waals surface area contributed by atoms with Crippen molar-refractivity contribution < 1.29 is 18.4 Å². The highest BCUT2D eigenvalue weighted by Gasteiger charge is 2.41. The molecule has 2 rings (SSSR count). The lowest BCUT2D eigenvalue weighted by Gasteiger charge is -2.24. The molecule has 0 spiro atoms. The number of nitrogens with zero attached hydrogens (tertiary/aromatic N) is 1.